The highest BCUT2D eigenvalue weighted by Crippen LogP contribution is 2.25. The van der Waals surface area contributed by atoms with E-state index in [0.717, 1.165) is 9.87 Å². The third-order valence-electron chi connectivity index (χ3n) is 3.41. The molecule has 2 aromatic carbocycles. The van der Waals surface area contributed by atoms with E-state index in [1.165, 1.54) is 38.4 Å². The second kappa shape index (κ2) is 7.11. The molecule has 5 nitrogen and oxygen atoms in total. The first-order valence-corrected chi connectivity index (χ1v) is 9.12. The van der Waals surface area contributed by atoms with E-state index in [1.807, 2.05) is 0 Å². The van der Waals surface area contributed by atoms with Crippen molar-refractivity contribution >= 4 is 44.8 Å². The number of halogens is 2. The molecule has 0 aromatic heterocycles. The quantitative estimate of drug-likeness (QED) is 0.868. The van der Waals surface area contributed by atoms with Gasteiger partial charge in [0.05, 0.1) is 15.5 Å². The summed E-state index contributed by atoms with van der Waals surface area (Å²) in [7, 11) is -0.709. The van der Waals surface area contributed by atoms with Crippen LogP contribution in [0, 0.1) is 6.92 Å². The topological polar surface area (TPSA) is 66.5 Å². The lowest BCUT2D eigenvalue weighted by Gasteiger charge is -2.14. The Kier molecular flexibility index (Phi) is 5.55. The van der Waals surface area contributed by atoms with Crippen molar-refractivity contribution in [1.82, 2.24) is 4.31 Å². The first-order chi connectivity index (χ1) is 11.1. The smallest absolute Gasteiger partial charge is 0.257 e. The van der Waals surface area contributed by atoms with Crippen molar-refractivity contribution in [3.63, 3.8) is 0 Å². The number of carbonyl (C=O) groups excluding carboxylic acids is 1. The number of hydrogen-bond donors (Lipinski definition) is 1. The van der Waals surface area contributed by atoms with Gasteiger partial charge in [0.25, 0.3) is 5.91 Å². The van der Waals surface area contributed by atoms with Crippen molar-refractivity contribution in [3.05, 3.63) is 57.6 Å². The van der Waals surface area contributed by atoms with Crippen molar-refractivity contribution in [3.8, 4) is 0 Å². The maximum atomic E-state index is 12.4. The molecular weight excluding hydrogens is 371 g/mol. The molecule has 0 bridgehead atoms. The number of nitrogens with one attached hydrogen (secondary N) is 1. The fraction of sp³-hybridized carbons (Fsp3) is 0.188. The summed E-state index contributed by atoms with van der Waals surface area (Å²) in [6.45, 7) is 1.77. The predicted molar refractivity (Wildman–Crippen MR) is 96.5 cm³/mol. The Hall–Kier alpha value is -1.60. The molecule has 1 amide bonds. The molecule has 0 aliphatic heterocycles. The summed E-state index contributed by atoms with van der Waals surface area (Å²) < 4.78 is 25.6. The second-order valence-corrected chi connectivity index (χ2v) is 8.34. The number of aryl methyl sites for hydroxylation is 1. The molecule has 2 rings (SSSR count). The fourth-order valence-electron chi connectivity index (χ4n) is 1.97. The number of amides is 1. The van der Waals surface area contributed by atoms with Crippen LogP contribution < -0.4 is 5.32 Å². The van der Waals surface area contributed by atoms with Gasteiger partial charge in [-0.15, -0.1) is 0 Å². The monoisotopic (exact) mass is 386 g/mol. The molecule has 8 heteroatoms. The molecule has 0 saturated heterocycles. The molecular formula is C16H16Cl2N2O3S. The van der Waals surface area contributed by atoms with Gasteiger partial charge in [0.15, 0.2) is 0 Å². The Balaban J connectivity index is 2.39. The number of carbonyl (C=O) groups is 1. The Morgan fingerprint density at radius 2 is 1.75 bits per heavy atom. The van der Waals surface area contributed by atoms with Gasteiger partial charge in [-0.05, 0) is 42.8 Å². The van der Waals surface area contributed by atoms with Crippen LogP contribution in [0.25, 0.3) is 0 Å². The first kappa shape index (κ1) is 18.7. The van der Waals surface area contributed by atoms with E-state index >= 15 is 0 Å². The third kappa shape index (κ3) is 3.89. The van der Waals surface area contributed by atoms with E-state index in [-0.39, 0.29) is 15.5 Å². The highest BCUT2D eigenvalue weighted by Gasteiger charge is 2.19. The summed E-state index contributed by atoms with van der Waals surface area (Å²) in [4.78, 5) is 12.5. The fourth-order valence-corrected chi connectivity index (χ4v) is 3.27. The van der Waals surface area contributed by atoms with E-state index in [1.54, 1.807) is 19.1 Å². The normalized spacial score (nSPS) is 11.6. The molecule has 0 fully saturated rings. The largest absolute Gasteiger partial charge is 0.322 e. The van der Waals surface area contributed by atoms with E-state index in [0.29, 0.717) is 10.7 Å². The van der Waals surface area contributed by atoms with Gasteiger partial charge in [-0.3, -0.25) is 4.79 Å². The third-order valence-corrected chi connectivity index (χ3v) is 5.78. The lowest BCUT2D eigenvalue weighted by atomic mass is 10.1. The van der Waals surface area contributed by atoms with Crippen molar-refractivity contribution in [1.29, 1.82) is 0 Å². The van der Waals surface area contributed by atoms with Crippen LogP contribution >= 0.6 is 23.2 Å². The van der Waals surface area contributed by atoms with Crippen LogP contribution in [0.15, 0.2) is 41.3 Å². The van der Waals surface area contributed by atoms with E-state index in [2.05, 4.69) is 5.32 Å². The lowest BCUT2D eigenvalue weighted by molar-refractivity contribution is 0.102. The summed E-state index contributed by atoms with van der Waals surface area (Å²) in [6.07, 6.45) is 0. The Morgan fingerprint density at radius 3 is 2.38 bits per heavy atom. The van der Waals surface area contributed by atoms with Crippen LogP contribution in [0.2, 0.25) is 10.0 Å². The number of anilines is 1. The minimum Gasteiger partial charge on any atom is -0.322 e. The zero-order valence-corrected chi connectivity index (χ0v) is 15.6. The molecule has 128 valence electrons. The number of benzene rings is 2. The molecule has 24 heavy (non-hydrogen) atoms. The average molecular weight is 387 g/mol. The predicted octanol–water partition coefficient (Wildman–Crippen LogP) is 3.80. The summed E-state index contributed by atoms with van der Waals surface area (Å²) >= 11 is 11.9. The number of sulfonamides is 1. The SMILES string of the molecule is Cc1ccc(S(=O)(=O)N(C)C)cc1NC(=O)c1cc(Cl)ccc1Cl. The van der Waals surface area contributed by atoms with Crippen LogP contribution in [0.5, 0.6) is 0 Å². The molecule has 0 heterocycles. The summed E-state index contributed by atoms with van der Waals surface area (Å²) in [5, 5.41) is 3.32. The van der Waals surface area contributed by atoms with Crippen molar-refractivity contribution in [2.45, 2.75) is 11.8 Å². The number of hydrogen-bond acceptors (Lipinski definition) is 3. The maximum absolute atomic E-state index is 12.4. The van der Waals surface area contributed by atoms with Crippen molar-refractivity contribution in [2.75, 3.05) is 19.4 Å². The number of nitrogens with zero attached hydrogens (tertiary/aromatic N) is 1. The summed E-state index contributed by atoms with van der Waals surface area (Å²) in [6, 6.07) is 9.10. The maximum Gasteiger partial charge on any atom is 0.257 e. The highest BCUT2D eigenvalue weighted by atomic mass is 35.5. The van der Waals surface area contributed by atoms with Gasteiger partial charge >= 0.3 is 0 Å². The molecule has 0 aliphatic rings. The molecule has 0 atom stereocenters. The molecule has 0 aliphatic carbocycles. The molecule has 1 N–H and O–H groups in total. The minimum absolute atomic E-state index is 0.0885. The van der Waals surface area contributed by atoms with Gasteiger partial charge in [0.2, 0.25) is 10.0 Å². The molecule has 2 aromatic rings. The first-order valence-electron chi connectivity index (χ1n) is 6.92. The zero-order valence-electron chi connectivity index (χ0n) is 13.3. The lowest BCUT2D eigenvalue weighted by Crippen LogP contribution is -2.22. The van der Waals surface area contributed by atoms with Gasteiger partial charge in [-0.1, -0.05) is 29.3 Å². The van der Waals surface area contributed by atoms with Gasteiger partial charge in [-0.2, -0.15) is 0 Å². The Bertz CT molecular complexity index is 896. The van der Waals surface area contributed by atoms with Gasteiger partial charge < -0.3 is 5.32 Å². The second-order valence-electron chi connectivity index (χ2n) is 5.34. The number of rotatable bonds is 4. The van der Waals surface area contributed by atoms with Crippen LogP contribution in [0.1, 0.15) is 15.9 Å². The molecule has 0 unspecified atom stereocenters. The average Bonchev–Trinajstić information content (AvgIpc) is 2.51. The van der Waals surface area contributed by atoms with Crippen LogP contribution in [-0.4, -0.2) is 32.7 Å². The van der Waals surface area contributed by atoms with Crippen molar-refractivity contribution in [2.24, 2.45) is 0 Å². The van der Waals surface area contributed by atoms with E-state index < -0.39 is 15.9 Å². The summed E-state index contributed by atoms with van der Waals surface area (Å²) in [5.41, 5.74) is 1.32. The Labute approximate surface area is 151 Å². The van der Waals surface area contributed by atoms with Gasteiger partial charge in [0.1, 0.15) is 0 Å². The Morgan fingerprint density at radius 1 is 1.08 bits per heavy atom. The highest BCUT2D eigenvalue weighted by molar-refractivity contribution is 7.89. The van der Waals surface area contributed by atoms with E-state index in [9.17, 15) is 13.2 Å². The molecule has 0 spiro atoms. The molecule has 0 radical (unpaired) electrons. The minimum atomic E-state index is -3.60. The van der Waals surface area contributed by atoms with Crippen LogP contribution in [-0.2, 0) is 10.0 Å². The zero-order chi connectivity index (χ0) is 18.1. The van der Waals surface area contributed by atoms with Crippen LogP contribution in [0.4, 0.5) is 5.69 Å². The van der Waals surface area contributed by atoms with E-state index in [4.69, 9.17) is 23.2 Å². The van der Waals surface area contributed by atoms with Crippen LogP contribution in [0.3, 0.4) is 0 Å². The van der Waals surface area contributed by atoms with Gasteiger partial charge in [-0.25, -0.2) is 12.7 Å². The standard InChI is InChI=1S/C16H16Cl2N2O3S/c1-10-4-6-12(24(22,23)20(2)3)9-15(10)19-16(21)13-8-11(17)5-7-14(13)18/h4-9H,1-3H3,(H,19,21). The van der Waals surface area contributed by atoms with Gasteiger partial charge in [0, 0.05) is 24.8 Å². The van der Waals surface area contributed by atoms with Crippen molar-refractivity contribution < 1.29 is 13.2 Å². The molecule has 0 saturated carbocycles. The summed E-state index contributed by atoms with van der Waals surface area (Å²) in [5.74, 6) is -0.468.